The Morgan fingerprint density at radius 2 is 1.86 bits per heavy atom. The lowest BCUT2D eigenvalue weighted by molar-refractivity contribution is -0.229. The Balaban J connectivity index is 2.40. The van der Waals surface area contributed by atoms with Crippen LogP contribution in [0.5, 0.6) is 0 Å². The SMILES string of the molecule is COC1(OC)CCN(CC(=O)O)CC1. The van der Waals surface area contributed by atoms with E-state index in [2.05, 4.69) is 0 Å². The summed E-state index contributed by atoms with van der Waals surface area (Å²) < 4.78 is 10.6. The van der Waals surface area contributed by atoms with Crippen molar-refractivity contribution in [3.05, 3.63) is 0 Å². The normalized spacial score (nSPS) is 22.1. The summed E-state index contributed by atoms with van der Waals surface area (Å²) >= 11 is 0. The molecule has 14 heavy (non-hydrogen) atoms. The maximum atomic E-state index is 10.5. The number of piperidine rings is 1. The van der Waals surface area contributed by atoms with Crippen molar-refractivity contribution in [3.8, 4) is 0 Å². The molecular formula is C9H17NO4. The molecular weight excluding hydrogens is 186 g/mol. The molecule has 5 heteroatoms. The molecule has 0 amide bonds. The number of hydrogen-bond donors (Lipinski definition) is 1. The van der Waals surface area contributed by atoms with Crippen molar-refractivity contribution < 1.29 is 19.4 Å². The van der Waals surface area contributed by atoms with Gasteiger partial charge in [0.05, 0.1) is 6.54 Å². The average molecular weight is 203 g/mol. The first-order chi connectivity index (χ1) is 6.62. The molecule has 0 radical (unpaired) electrons. The molecule has 1 N–H and O–H groups in total. The number of methoxy groups -OCH3 is 2. The van der Waals surface area contributed by atoms with E-state index in [4.69, 9.17) is 14.6 Å². The van der Waals surface area contributed by atoms with E-state index in [1.807, 2.05) is 4.90 Å². The summed E-state index contributed by atoms with van der Waals surface area (Å²) in [4.78, 5) is 12.4. The van der Waals surface area contributed by atoms with Crippen molar-refractivity contribution in [2.75, 3.05) is 33.9 Å². The molecule has 5 nitrogen and oxygen atoms in total. The van der Waals surface area contributed by atoms with Gasteiger partial charge in [-0.1, -0.05) is 0 Å². The highest BCUT2D eigenvalue weighted by atomic mass is 16.7. The van der Waals surface area contributed by atoms with Crippen LogP contribution in [0.2, 0.25) is 0 Å². The predicted octanol–water partition coefficient (Wildman–Crippen LogP) is 0.156. The third-order valence-corrected chi connectivity index (χ3v) is 2.72. The van der Waals surface area contributed by atoms with E-state index < -0.39 is 11.8 Å². The molecule has 1 fully saturated rings. The van der Waals surface area contributed by atoms with E-state index in [1.54, 1.807) is 14.2 Å². The molecule has 0 saturated carbocycles. The Bertz CT molecular complexity index is 193. The van der Waals surface area contributed by atoms with E-state index in [-0.39, 0.29) is 6.54 Å². The maximum Gasteiger partial charge on any atom is 0.317 e. The molecule has 0 aromatic heterocycles. The van der Waals surface area contributed by atoms with Gasteiger partial charge in [-0.3, -0.25) is 9.69 Å². The first-order valence-electron chi connectivity index (χ1n) is 4.66. The lowest BCUT2D eigenvalue weighted by Gasteiger charge is -2.38. The summed E-state index contributed by atoms with van der Waals surface area (Å²) in [5.41, 5.74) is 0. The van der Waals surface area contributed by atoms with Crippen molar-refractivity contribution in [2.24, 2.45) is 0 Å². The number of nitrogens with zero attached hydrogens (tertiary/aromatic N) is 1. The second kappa shape index (κ2) is 4.72. The van der Waals surface area contributed by atoms with Crippen LogP contribution in [-0.2, 0) is 14.3 Å². The second-order valence-corrected chi connectivity index (χ2v) is 3.49. The van der Waals surface area contributed by atoms with Crippen molar-refractivity contribution >= 4 is 5.97 Å². The average Bonchev–Trinajstić information content (AvgIpc) is 2.19. The highest BCUT2D eigenvalue weighted by Gasteiger charge is 2.34. The molecule has 0 aromatic rings. The zero-order chi connectivity index (χ0) is 10.6. The fourth-order valence-electron chi connectivity index (χ4n) is 1.73. The molecule has 0 unspecified atom stereocenters. The number of carboxylic acids is 1. The third-order valence-electron chi connectivity index (χ3n) is 2.72. The van der Waals surface area contributed by atoms with E-state index in [1.165, 1.54) is 0 Å². The number of carboxylic acid groups (broad SMARTS) is 1. The quantitative estimate of drug-likeness (QED) is 0.659. The van der Waals surface area contributed by atoms with Gasteiger partial charge in [0.2, 0.25) is 0 Å². The fourth-order valence-corrected chi connectivity index (χ4v) is 1.73. The van der Waals surface area contributed by atoms with Crippen molar-refractivity contribution in [1.29, 1.82) is 0 Å². The number of hydrogen-bond acceptors (Lipinski definition) is 4. The van der Waals surface area contributed by atoms with Crippen LogP contribution in [0.15, 0.2) is 0 Å². The second-order valence-electron chi connectivity index (χ2n) is 3.49. The number of aliphatic carboxylic acids is 1. The molecule has 1 aliphatic rings. The summed E-state index contributed by atoms with van der Waals surface area (Å²) in [6.07, 6.45) is 1.43. The summed E-state index contributed by atoms with van der Waals surface area (Å²) in [6, 6.07) is 0. The smallest absolute Gasteiger partial charge is 0.317 e. The Morgan fingerprint density at radius 3 is 2.21 bits per heavy atom. The highest BCUT2D eigenvalue weighted by molar-refractivity contribution is 5.69. The number of ether oxygens (including phenoxy) is 2. The largest absolute Gasteiger partial charge is 0.480 e. The maximum absolute atomic E-state index is 10.5. The molecule has 1 aliphatic heterocycles. The van der Waals surface area contributed by atoms with Gasteiger partial charge in [-0.2, -0.15) is 0 Å². The zero-order valence-corrected chi connectivity index (χ0v) is 8.65. The van der Waals surface area contributed by atoms with E-state index in [0.717, 1.165) is 0 Å². The topological polar surface area (TPSA) is 59.0 Å². The van der Waals surface area contributed by atoms with Crippen molar-refractivity contribution in [3.63, 3.8) is 0 Å². The van der Waals surface area contributed by atoms with Gasteiger partial charge in [0, 0.05) is 40.2 Å². The van der Waals surface area contributed by atoms with Gasteiger partial charge < -0.3 is 14.6 Å². The third kappa shape index (κ3) is 2.67. The summed E-state index contributed by atoms with van der Waals surface area (Å²) in [7, 11) is 3.24. The Kier molecular flexibility index (Phi) is 3.86. The molecule has 0 spiro atoms. The molecule has 1 heterocycles. The van der Waals surface area contributed by atoms with Crippen LogP contribution in [-0.4, -0.2) is 55.6 Å². The lowest BCUT2D eigenvalue weighted by Crippen LogP contribution is -2.48. The van der Waals surface area contributed by atoms with Gasteiger partial charge in [0.1, 0.15) is 0 Å². The lowest BCUT2D eigenvalue weighted by atomic mass is 10.0. The molecule has 0 aromatic carbocycles. The monoisotopic (exact) mass is 203 g/mol. The van der Waals surface area contributed by atoms with Gasteiger partial charge >= 0.3 is 5.97 Å². The van der Waals surface area contributed by atoms with E-state index >= 15 is 0 Å². The van der Waals surface area contributed by atoms with Gasteiger partial charge in [-0.15, -0.1) is 0 Å². The Morgan fingerprint density at radius 1 is 1.36 bits per heavy atom. The first-order valence-corrected chi connectivity index (χ1v) is 4.66. The minimum absolute atomic E-state index is 0.101. The number of rotatable bonds is 4. The van der Waals surface area contributed by atoms with E-state index in [0.29, 0.717) is 25.9 Å². The standard InChI is InChI=1S/C9H17NO4/c1-13-9(14-2)3-5-10(6-4-9)7-8(11)12/h3-7H2,1-2H3,(H,11,12). The minimum atomic E-state index is -0.785. The van der Waals surface area contributed by atoms with Crippen LogP contribution < -0.4 is 0 Å². The van der Waals surface area contributed by atoms with Gasteiger partial charge in [-0.25, -0.2) is 0 Å². The van der Waals surface area contributed by atoms with Crippen LogP contribution >= 0.6 is 0 Å². The van der Waals surface area contributed by atoms with E-state index in [9.17, 15) is 4.79 Å². The van der Waals surface area contributed by atoms with Crippen LogP contribution in [0.3, 0.4) is 0 Å². The first kappa shape index (κ1) is 11.4. The van der Waals surface area contributed by atoms with Crippen molar-refractivity contribution in [1.82, 2.24) is 4.90 Å². The van der Waals surface area contributed by atoms with Crippen LogP contribution in [0.1, 0.15) is 12.8 Å². The predicted molar refractivity (Wildman–Crippen MR) is 50.1 cm³/mol. The molecule has 1 saturated heterocycles. The highest BCUT2D eigenvalue weighted by Crippen LogP contribution is 2.25. The molecule has 82 valence electrons. The number of carbonyl (C=O) groups is 1. The fraction of sp³-hybridized carbons (Fsp3) is 0.889. The van der Waals surface area contributed by atoms with Gasteiger partial charge in [0.15, 0.2) is 5.79 Å². The minimum Gasteiger partial charge on any atom is -0.480 e. The van der Waals surface area contributed by atoms with Crippen molar-refractivity contribution in [2.45, 2.75) is 18.6 Å². The van der Waals surface area contributed by atoms with Gasteiger partial charge in [0.25, 0.3) is 0 Å². The zero-order valence-electron chi connectivity index (χ0n) is 8.65. The summed E-state index contributed by atoms with van der Waals surface area (Å²) in [5, 5.41) is 8.61. The van der Waals surface area contributed by atoms with Crippen LogP contribution in [0.4, 0.5) is 0 Å². The Labute approximate surface area is 83.6 Å². The summed E-state index contributed by atoms with van der Waals surface area (Å²) in [6.45, 7) is 1.51. The summed E-state index contributed by atoms with van der Waals surface area (Å²) in [5.74, 6) is -1.29. The molecule has 1 rings (SSSR count). The van der Waals surface area contributed by atoms with Crippen LogP contribution in [0, 0.1) is 0 Å². The molecule has 0 aliphatic carbocycles. The molecule has 0 atom stereocenters. The Hall–Kier alpha value is -0.650. The number of likely N-dealkylation sites (tertiary alicyclic amines) is 1. The van der Waals surface area contributed by atoms with Gasteiger partial charge in [-0.05, 0) is 0 Å². The molecule has 0 bridgehead atoms. The van der Waals surface area contributed by atoms with Crippen LogP contribution in [0.25, 0.3) is 0 Å².